The molecule has 2 amide bonds. The number of nitrogens with zero attached hydrogens (tertiary/aromatic N) is 6. The van der Waals surface area contributed by atoms with Gasteiger partial charge in [-0.2, -0.15) is 10.1 Å². The van der Waals surface area contributed by atoms with Gasteiger partial charge < -0.3 is 9.26 Å². The Morgan fingerprint density at radius 3 is 2.71 bits per heavy atom. The second kappa shape index (κ2) is 7.47. The number of aromatic nitrogens is 2. The van der Waals surface area contributed by atoms with Gasteiger partial charge in [-0.15, -0.1) is 0 Å². The van der Waals surface area contributed by atoms with E-state index in [0.29, 0.717) is 22.3 Å². The first-order valence-corrected chi connectivity index (χ1v) is 9.71. The summed E-state index contributed by atoms with van der Waals surface area (Å²) in [7, 11) is 1.51. The molecule has 0 aliphatic carbocycles. The van der Waals surface area contributed by atoms with Crippen LogP contribution in [0, 0.1) is 0 Å². The summed E-state index contributed by atoms with van der Waals surface area (Å²) < 4.78 is 10.5. The maximum Gasteiger partial charge on any atom is 0.263 e. The number of rotatable bonds is 5. The highest BCUT2D eigenvalue weighted by Gasteiger charge is 2.55. The van der Waals surface area contributed by atoms with Crippen LogP contribution in [0.2, 0.25) is 5.02 Å². The molecular formula is C20H15ClN6O4. The van der Waals surface area contributed by atoms with E-state index in [1.165, 1.54) is 12.1 Å². The van der Waals surface area contributed by atoms with Crippen LogP contribution >= 0.6 is 11.6 Å². The number of anilines is 1. The van der Waals surface area contributed by atoms with Crippen molar-refractivity contribution in [3.8, 4) is 17.1 Å². The summed E-state index contributed by atoms with van der Waals surface area (Å²) in [5, 5.41) is 13.9. The molecule has 0 saturated carbocycles. The molecule has 0 N–H and O–H groups in total. The number of ether oxygens (including phenoxy) is 1. The van der Waals surface area contributed by atoms with Crippen molar-refractivity contribution >= 4 is 29.1 Å². The standard InChI is InChI=1S/C20H15ClN6O4/c1-30-14-4-2-3-13(9-14)27-19(28)16-17(20(27)29)26(25-23-16)10-15-22-18(24-31-15)11-5-7-12(21)8-6-11/h2-9,16-17H,10H2,1H3/t16-,17+/m0/s1. The summed E-state index contributed by atoms with van der Waals surface area (Å²) in [5.74, 6) is 0.289. The number of hydrogen-bond donors (Lipinski definition) is 0. The predicted molar refractivity (Wildman–Crippen MR) is 108 cm³/mol. The van der Waals surface area contributed by atoms with Gasteiger partial charge in [0.1, 0.15) is 12.3 Å². The minimum atomic E-state index is -0.919. The minimum absolute atomic E-state index is 0.0379. The van der Waals surface area contributed by atoms with E-state index in [1.807, 2.05) is 0 Å². The minimum Gasteiger partial charge on any atom is -0.497 e. The van der Waals surface area contributed by atoms with Crippen LogP contribution < -0.4 is 9.64 Å². The lowest BCUT2D eigenvalue weighted by Crippen LogP contribution is -2.39. The number of hydrogen-bond acceptors (Lipinski definition) is 9. The Balaban J connectivity index is 1.36. The summed E-state index contributed by atoms with van der Waals surface area (Å²) >= 11 is 5.90. The van der Waals surface area contributed by atoms with Gasteiger partial charge in [-0.05, 0) is 36.4 Å². The number of halogens is 1. The third-order valence-electron chi connectivity index (χ3n) is 5.04. The number of imide groups is 1. The molecule has 2 atom stereocenters. The van der Waals surface area contributed by atoms with Crippen LogP contribution in [0.5, 0.6) is 5.75 Å². The number of methoxy groups -OCH3 is 1. The van der Waals surface area contributed by atoms with Crippen LogP contribution in [0.15, 0.2) is 63.4 Å². The monoisotopic (exact) mass is 438 g/mol. The summed E-state index contributed by atoms with van der Waals surface area (Å²) in [5.41, 5.74) is 1.15. The third-order valence-corrected chi connectivity index (χ3v) is 5.29. The second-order valence-corrected chi connectivity index (χ2v) is 7.36. The van der Waals surface area contributed by atoms with E-state index < -0.39 is 23.9 Å². The molecule has 1 aromatic heterocycles. The quantitative estimate of drug-likeness (QED) is 0.562. The normalized spacial score (nSPS) is 19.9. The average molecular weight is 439 g/mol. The molecule has 0 radical (unpaired) electrons. The Kier molecular flexibility index (Phi) is 4.63. The summed E-state index contributed by atoms with van der Waals surface area (Å²) in [6.07, 6.45) is 0. The Morgan fingerprint density at radius 1 is 1.13 bits per heavy atom. The van der Waals surface area contributed by atoms with E-state index in [-0.39, 0.29) is 12.4 Å². The molecule has 0 spiro atoms. The SMILES string of the molecule is COc1cccc(N2C(=O)[C@H]3N=NN(Cc4nc(-c5ccc(Cl)cc5)no4)[C@H]3C2=O)c1. The zero-order valence-electron chi connectivity index (χ0n) is 16.2. The van der Waals surface area contributed by atoms with Crippen LogP contribution in [-0.2, 0) is 16.1 Å². The first-order valence-electron chi connectivity index (χ1n) is 9.33. The van der Waals surface area contributed by atoms with E-state index in [9.17, 15) is 9.59 Å². The lowest BCUT2D eigenvalue weighted by atomic mass is 10.1. The Hall–Kier alpha value is -3.79. The molecule has 3 aromatic rings. The number of carbonyl (C=O) groups is 2. The zero-order chi connectivity index (χ0) is 21.5. The largest absolute Gasteiger partial charge is 0.497 e. The fourth-order valence-electron chi connectivity index (χ4n) is 3.53. The highest BCUT2D eigenvalue weighted by Crippen LogP contribution is 2.34. The zero-order valence-corrected chi connectivity index (χ0v) is 16.9. The van der Waals surface area contributed by atoms with Crippen molar-refractivity contribution in [2.24, 2.45) is 10.3 Å². The van der Waals surface area contributed by atoms with Crippen LogP contribution in [0.25, 0.3) is 11.4 Å². The Labute approximate surface area is 181 Å². The third kappa shape index (κ3) is 3.30. The highest BCUT2D eigenvalue weighted by molar-refractivity contribution is 6.30. The van der Waals surface area contributed by atoms with E-state index >= 15 is 0 Å². The molecule has 31 heavy (non-hydrogen) atoms. The maximum atomic E-state index is 13.1. The predicted octanol–water partition coefficient (Wildman–Crippen LogP) is 2.89. The molecule has 2 aromatic carbocycles. The summed E-state index contributed by atoms with van der Waals surface area (Å²) in [6, 6.07) is 11.9. The second-order valence-electron chi connectivity index (χ2n) is 6.92. The van der Waals surface area contributed by atoms with Crippen molar-refractivity contribution < 1.29 is 18.8 Å². The van der Waals surface area contributed by atoms with Gasteiger partial charge in [0, 0.05) is 16.7 Å². The fourth-order valence-corrected chi connectivity index (χ4v) is 3.66. The first-order chi connectivity index (χ1) is 15.0. The molecule has 10 nitrogen and oxygen atoms in total. The van der Waals surface area contributed by atoms with Crippen molar-refractivity contribution in [3.05, 3.63) is 59.4 Å². The molecule has 1 saturated heterocycles. The molecule has 156 valence electrons. The van der Waals surface area contributed by atoms with Crippen molar-refractivity contribution in [1.82, 2.24) is 15.1 Å². The van der Waals surface area contributed by atoms with Gasteiger partial charge in [-0.1, -0.05) is 28.0 Å². The molecule has 2 aliphatic heterocycles. The van der Waals surface area contributed by atoms with Gasteiger partial charge in [-0.25, -0.2) is 4.90 Å². The topological polar surface area (TPSA) is 113 Å². The van der Waals surface area contributed by atoms with Gasteiger partial charge >= 0.3 is 0 Å². The van der Waals surface area contributed by atoms with Crippen LogP contribution in [0.3, 0.4) is 0 Å². The van der Waals surface area contributed by atoms with Crippen molar-refractivity contribution in [2.75, 3.05) is 12.0 Å². The van der Waals surface area contributed by atoms with E-state index in [1.54, 1.807) is 48.5 Å². The molecular weight excluding hydrogens is 424 g/mol. The van der Waals surface area contributed by atoms with Crippen LogP contribution in [-0.4, -0.2) is 46.2 Å². The van der Waals surface area contributed by atoms with Gasteiger partial charge in [0.2, 0.25) is 11.7 Å². The van der Waals surface area contributed by atoms with Crippen molar-refractivity contribution in [1.29, 1.82) is 0 Å². The number of carbonyl (C=O) groups excluding carboxylic acids is 2. The summed E-state index contributed by atoms with van der Waals surface area (Å²) in [4.78, 5) is 31.4. The number of benzene rings is 2. The number of amides is 2. The average Bonchev–Trinajstić information content (AvgIpc) is 3.47. The van der Waals surface area contributed by atoms with Gasteiger partial charge in [0.25, 0.3) is 11.8 Å². The molecule has 0 unspecified atom stereocenters. The maximum absolute atomic E-state index is 13.1. The smallest absolute Gasteiger partial charge is 0.263 e. The van der Waals surface area contributed by atoms with Crippen LogP contribution in [0.4, 0.5) is 5.69 Å². The van der Waals surface area contributed by atoms with Gasteiger partial charge in [-0.3, -0.25) is 14.6 Å². The van der Waals surface area contributed by atoms with E-state index in [0.717, 1.165) is 10.5 Å². The van der Waals surface area contributed by atoms with Gasteiger partial charge in [0.05, 0.1) is 12.8 Å². The lowest BCUT2D eigenvalue weighted by Gasteiger charge is -2.19. The molecule has 5 rings (SSSR count). The van der Waals surface area contributed by atoms with Crippen molar-refractivity contribution in [3.63, 3.8) is 0 Å². The summed E-state index contributed by atoms with van der Waals surface area (Å²) in [6.45, 7) is 0.0379. The van der Waals surface area contributed by atoms with E-state index in [4.69, 9.17) is 20.9 Å². The Bertz CT molecular complexity index is 1190. The molecule has 2 aliphatic rings. The fraction of sp³-hybridized carbons (Fsp3) is 0.200. The number of fused-ring (bicyclic) bond motifs is 1. The van der Waals surface area contributed by atoms with E-state index in [2.05, 4.69) is 20.5 Å². The van der Waals surface area contributed by atoms with Crippen molar-refractivity contribution in [2.45, 2.75) is 18.6 Å². The van der Waals surface area contributed by atoms with Gasteiger partial charge in [0.15, 0.2) is 12.1 Å². The molecule has 0 bridgehead atoms. The molecule has 3 heterocycles. The lowest BCUT2D eigenvalue weighted by molar-refractivity contribution is -0.123. The highest BCUT2D eigenvalue weighted by atomic mass is 35.5. The molecule has 11 heteroatoms. The van der Waals surface area contributed by atoms with Crippen LogP contribution in [0.1, 0.15) is 5.89 Å². The Morgan fingerprint density at radius 2 is 1.94 bits per heavy atom. The first kappa shape index (κ1) is 19.2. The molecule has 1 fully saturated rings.